The third-order valence-corrected chi connectivity index (χ3v) is 8.56. The minimum absolute atomic E-state index is 0.0841. The molecule has 1 fully saturated rings. The maximum atomic E-state index is 14.3. The summed E-state index contributed by atoms with van der Waals surface area (Å²) >= 11 is 0. The number of aryl methyl sites for hydroxylation is 1. The lowest BCUT2D eigenvalue weighted by Gasteiger charge is -2.52. The average molecular weight is 528 g/mol. The first-order chi connectivity index (χ1) is 19.4. The zero-order valence-corrected chi connectivity index (χ0v) is 21.6. The summed E-state index contributed by atoms with van der Waals surface area (Å²) in [6.45, 7) is 1.96. The molecule has 4 aliphatic rings. The number of anilines is 1. The second-order valence-corrected chi connectivity index (χ2v) is 10.6. The Hall–Kier alpha value is -5.04. The van der Waals surface area contributed by atoms with Crippen molar-refractivity contribution in [3.8, 4) is 5.75 Å². The lowest BCUT2D eigenvalue weighted by molar-refractivity contribution is -0.122. The highest BCUT2D eigenvalue weighted by atomic mass is 16.3. The second-order valence-electron chi connectivity index (χ2n) is 10.6. The van der Waals surface area contributed by atoms with E-state index in [9.17, 15) is 19.5 Å². The van der Waals surface area contributed by atoms with Crippen LogP contribution in [0.3, 0.4) is 0 Å². The Labute approximate surface area is 230 Å². The van der Waals surface area contributed by atoms with Crippen LogP contribution in [0.1, 0.15) is 44.1 Å². The zero-order valence-electron chi connectivity index (χ0n) is 21.6. The number of hydrazone groups is 1. The highest BCUT2D eigenvalue weighted by Gasteiger charge is 2.68. The predicted octanol–water partition coefficient (Wildman–Crippen LogP) is 4.67. The molecule has 4 aromatic rings. The number of carbonyl (C=O) groups is 3. The third kappa shape index (κ3) is 3.18. The highest BCUT2D eigenvalue weighted by Crippen LogP contribution is 2.63. The number of hydrogen-bond acceptors (Lipinski definition) is 5. The molecular formula is C33H25N3O4. The molecule has 1 heterocycles. The Bertz CT molecular complexity index is 1700. The zero-order chi connectivity index (χ0) is 27.6. The summed E-state index contributed by atoms with van der Waals surface area (Å²) in [6.07, 6.45) is 1.61. The summed E-state index contributed by atoms with van der Waals surface area (Å²) < 4.78 is 0. The molecule has 2 bridgehead atoms. The van der Waals surface area contributed by atoms with Gasteiger partial charge in [-0.05, 0) is 53.4 Å². The fourth-order valence-corrected chi connectivity index (χ4v) is 6.92. The van der Waals surface area contributed by atoms with Gasteiger partial charge in [0.15, 0.2) is 0 Å². The van der Waals surface area contributed by atoms with Gasteiger partial charge in [-0.2, -0.15) is 5.10 Å². The van der Waals surface area contributed by atoms with Crippen molar-refractivity contribution in [2.24, 2.45) is 16.9 Å². The van der Waals surface area contributed by atoms with Crippen molar-refractivity contribution in [2.45, 2.75) is 18.3 Å². The van der Waals surface area contributed by atoms with Crippen LogP contribution in [0.4, 0.5) is 5.69 Å². The van der Waals surface area contributed by atoms with Gasteiger partial charge in [0.1, 0.15) is 5.75 Å². The molecular weight excluding hydrogens is 502 g/mol. The first kappa shape index (κ1) is 24.0. The number of amides is 3. The number of aromatic hydroxyl groups is 1. The summed E-state index contributed by atoms with van der Waals surface area (Å²) in [5.74, 6) is -2.91. The lowest BCUT2D eigenvalue weighted by atomic mass is 9.47. The number of phenolic OH excluding ortho intramolecular Hbond substituents is 1. The van der Waals surface area contributed by atoms with Crippen LogP contribution in [-0.2, 0) is 15.0 Å². The Kier molecular flexibility index (Phi) is 5.25. The molecule has 0 unspecified atom stereocenters. The molecule has 7 nitrogen and oxygen atoms in total. The van der Waals surface area contributed by atoms with Crippen LogP contribution in [0.5, 0.6) is 5.75 Å². The van der Waals surface area contributed by atoms with Crippen molar-refractivity contribution in [3.63, 3.8) is 0 Å². The van der Waals surface area contributed by atoms with Crippen LogP contribution < -0.4 is 10.3 Å². The number of phenols is 1. The maximum Gasteiger partial charge on any atom is 0.275 e. The maximum absolute atomic E-state index is 14.3. The molecule has 4 aromatic carbocycles. The molecule has 1 saturated heterocycles. The van der Waals surface area contributed by atoms with E-state index >= 15 is 0 Å². The smallest absolute Gasteiger partial charge is 0.275 e. The summed E-state index contributed by atoms with van der Waals surface area (Å²) in [5, 5.41) is 14.5. The first-order valence-electron chi connectivity index (χ1n) is 13.2. The molecule has 0 radical (unpaired) electrons. The first-order valence-corrected chi connectivity index (χ1v) is 13.2. The Morgan fingerprint density at radius 3 is 2.10 bits per heavy atom. The number of nitrogens with one attached hydrogen (secondary N) is 1. The number of hydrogen-bond donors (Lipinski definition) is 2. The molecule has 3 aliphatic carbocycles. The summed E-state index contributed by atoms with van der Waals surface area (Å²) in [6, 6.07) is 29.3. The normalized spacial score (nSPS) is 24.1. The van der Waals surface area contributed by atoms with Gasteiger partial charge in [-0.15, -0.1) is 0 Å². The van der Waals surface area contributed by atoms with Crippen molar-refractivity contribution in [3.05, 3.63) is 130 Å². The van der Waals surface area contributed by atoms with E-state index < -0.39 is 23.2 Å². The van der Waals surface area contributed by atoms with Gasteiger partial charge >= 0.3 is 0 Å². The number of para-hydroxylation sites is 1. The fraction of sp³-hybridized carbons (Fsp3) is 0.152. The van der Waals surface area contributed by atoms with Crippen molar-refractivity contribution >= 4 is 29.6 Å². The van der Waals surface area contributed by atoms with Crippen LogP contribution in [0.2, 0.25) is 0 Å². The Morgan fingerprint density at radius 1 is 0.850 bits per heavy atom. The highest BCUT2D eigenvalue weighted by molar-refractivity contribution is 6.25. The Balaban J connectivity index is 1.41. The van der Waals surface area contributed by atoms with Gasteiger partial charge < -0.3 is 5.11 Å². The minimum Gasteiger partial charge on any atom is -0.507 e. The van der Waals surface area contributed by atoms with Gasteiger partial charge in [0.25, 0.3) is 5.91 Å². The van der Waals surface area contributed by atoms with E-state index in [4.69, 9.17) is 0 Å². The molecule has 0 spiro atoms. The van der Waals surface area contributed by atoms with Crippen molar-refractivity contribution in [1.82, 2.24) is 5.43 Å². The van der Waals surface area contributed by atoms with Gasteiger partial charge in [-0.25, -0.2) is 10.3 Å². The number of rotatable bonds is 4. The summed E-state index contributed by atoms with van der Waals surface area (Å²) in [5.41, 5.74) is 6.86. The standard InChI is InChI=1S/C33H25N3O4/c1-19-14-16-20(17-15-19)36-31(39)28-27-21-8-2-5-11-24(21)33(29(28)32(36)40,25-12-6-3-9-22(25)27)18-34-35-30(38)23-10-4-7-13-26(23)37/h2-18,27-29,37H,1H3,(H,35,38)/b34-18+/t27?,28-,29-,33?/m0/s1. The number of nitrogens with zero attached hydrogens (tertiary/aromatic N) is 2. The molecule has 0 saturated carbocycles. The molecule has 2 N–H and O–H groups in total. The van der Waals surface area contributed by atoms with Gasteiger partial charge in [-0.1, -0.05) is 78.4 Å². The third-order valence-electron chi connectivity index (χ3n) is 8.56. The molecule has 7 heteroatoms. The van der Waals surface area contributed by atoms with Gasteiger partial charge in [0.05, 0.1) is 28.5 Å². The van der Waals surface area contributed by atoms with Gasteiger partial charge in [-0.3, -0.25) is 14.4 Å². The number of carbonyl (C=O) groups excluding carboxylic acids is 3. The topological polar surface area (TPSA) is 99.1 Å². The largest absolute Gasteiger partial charge is 0.507 e. The van der Waals surface area contributed by atoms with E-state index in [2.05, 4.69) is 10.5 Å². The predicted molar refractivity (Wildman–Crippen MR) is 150 cm³/mol. The van der Waals surface area contributed by atoms with Crippen LogP contribution in [-0.4, -0.2) is 29.0 Å². The Morgan fingerprint density at radius 2 is 1.45 bits per heavy atom. The van der Waals surface area contributed by atoms with Crippen molar-refractivity contribution < 1.29 is 19.5 Å². The van der Waals surface area contributed by atoms with E-state index in [0.717, 1.165) is 27.8 Å². The molecule has 3 amide bonds. The molecule has 196 valence electrons. The fourth-order valence-electron chi connectivity index (χ4n) is 6.92. The second kappa shape index (κ2) is 8.74. The lowest BCUT2D eigenvalue weighted by Crippen LogP contribution is -2.54. The van der Waals surface area contributed by atoms with Crippen LogP contribution in [0, 0.1) is 18.8 Å². The molecule has 1 aliphatic heterocycles. The van der Waals surface area contributed by atoms with E-state index in [1.807, 2.05) is 67.6 Å². The number of benzene rings is 4. The monoisotopic (exact) mass is 527 g/mol. The summed E-state index contributed by atoms with van der Waals surface area (Å²) in [4.78, 5) is 42.7. The minimum atomic E-state index is -1.09. The molecule has 8 rings (SSSR count). The van der Waals surface area contributed by atoms with E-state index in [0.29, 0.717) is 5.69 Å². The number of imide groups is 1. The van der Waals surface area contributed by atoms with Crippen molar-refractivity contribution in [2.75, 3.05) is 4.90 Å². The van der Waals surface area contributed by atoms with Gasteiger partial charge in [0, 0.05) is 12.1 Å². The van der Waals surface area contributed by atoms with Gasteiger partial charge in [0.2, 0.25) is 11.8 Å². The van der Waals surface area contributed by atoms with Crippen LogP contribution >= 0.6 is 0 Å². The van der Waals surface area contributed by atoms with Crippen LogP contribution in [0.15, 0.2) is 102 Å². The van der Waals surface area contributed by atoms with E-state index in [-0.39, 0.29) is 29.0 Å². The van der Waals surface area contributed by atoms with E-state index in [1.54, 1.807) is 30.5 Å². The van der Waals surface area contributed by atoms with E-state index in [1.165, 1.54) is 17.0 Å². The quantitative estimate of drug-likeness (QED) is 0.229. The van der Waals surface area contributed by atoms with Crippen LogP contribution in [0.25, 0.3) is 0 Å². The SMILES string of the molecule is Cc1ccc(N2C(=O)[C@@H]3[C@@H](C2=O)C2c4ccccc4C3(/C=N/NC(=O)c3ccccc3O)c3ccccc32)cc1. The molecule has 0 aromatic heterocycles. The van der Waals surface area contributed by atoms with Crippen molar-refractivity contribution in [1.29, 1.82) is 0 Å². The molecule has 40 heavy (non-hydrogen) atoms. The summed E-state index contributed by atoms with van der Waals surface area (Å²) in [7, 11) is 0. The molecule has 2 atom stereocenters. The average Bonchev–Trinajstić information content (AvgIpc) is 3.24.